The van der Waals surface area contributed by atoms with Gasteiger partial charge in [0.15, 0.2) is 0 Å². The number of aryl methyl sites for hydroxylation is 4. The lowest BCUT2D eigenvalue weighted by atomic mass is 10.1. The number of carbonyl (C=O) groups is 3. The Balaban J connectivity index is 1.97. The Hall–Kier alpha value is -3.95. The molecule has 1 aromatic carbocycles. The normalized spacial score (nSPS) is 11.7. The van der Waals surface area contributed by atoms with E-state index in [-0.39, 0.29) is 12.1 Å². The van der Waals surface area contributed by atoms with Crippen molar-refractivity contribution in [3.63, 3.8) is 0 Å². The predicted molar refractivity (Wildman–Crippen MR) is 148 cm³/mol. The van der Waals surface area contributed by atoms with E-state index < -0.39 is 29.6 Å². The molecular formula is C29H40N4O6. The molecule has 10 nitrogen and oxygen atoms in total. The van der Waals surface area contributed by atoms with Crippen LogP contribution in [0, 0.1) is 13.8 Å². The standard InChI is InChI=1S/C29H40N4O6/c1-8-16-38-22-14-11-13-21(17-22)12-9-10-15-24-31-19(2)25(20(3)32-24)26(34)33-23(27(35)37-7)18-30-28(36)39-29(4,5)6/h8,11,13-14,17,23H,1,9-10,12,15-16,18H2,2-7H3,(H,30,36)(H,33,34)/t23-/m0/s1. The number of hydrogen-bond donors (Lipinski definition) is 2. The number of ether oxygens (including phenoxy) is 3. The third-order valence-corrected chi connectivity index (χ3v) is 5.57. The van der Waals surface area contributed by atoms with Crippen molar-refractivity contribution in [3.8, 4) is 5.75 Å². The SMILES string of the molecule is C=CCOc1cccc(CCCCc2nc(C)c(C(=O)N[C@@H](CNC(=O)OC(C)(C)C)C(=O)OC)c(C)n2)c1. The second-order valence-electron chi connectivity index (χ2n) is 10.1. The van der Waals surface area contributed by atoms with Crippen LogP contribution in [0.25, 0.3) is 0 Å². The molecule has 0 aliphatic rings. The summed E-state index contributed by atoms with van der Waals surface area (Å²) >= 11 is 0. The van der Waals surface area contributed by atoms with E-state index >= 15 is 0 Å². The quantitative estimate of drug-likeness (QED) is 0.221. The second-order valence-corrected chi connectivity index (χ2v) is 10.1. The molecule has 0 bridgehead atoms. The Morgan fingerprint density at radius 3 is 2.36 bits per heavy atom. The van der Waals surface area contributed by atoms with E-state index in [1.807, 2.05) is 18.2 Å². The van der Waals surface area contributed by atoms with Crippen LogP contribution in [-0.4, -0.2) is 59.8 Å². The topological polar surface area (TPSA) is 129 Å². The summed E-state index contributed by atoms with van der Waals surface area (Å²) in [5.41, 5.74) is 1.78. The van der Waals surface area contributed by atoms with Crippen molar-refractivity contribution in [3.05, 3.63) is 65.3 Å². The minimum atomic E-state index is -1.12. The number of unbranched alkanes of at least 4 members (excludes halogenated alkanes) is 1. The monoisotopic (exact) mass is 540 g/mol. The van der Waals surface area contributed by atoms with Gasteiger partial charge in [-0.3, -0.25) is 4.79 Å². The van der Waals surface area contributed by atoms with Crippen LogP contribution >= 0.6 is 0 Å². The third-order valence-electron chi connectivity index (χ3n) is 5.57. The van der Waals surface area contributed by atoms with Crippen LogP contribution in [0.5, 0.6) is 5.75 Å². The van der Waals surface area contributed by atoms with E-state index in [2.05, 4.69) is 33.2 Å². The van der Waals surface area contributed by atoms with Crippen molar-refractivity contribution in [1.29, 1.82) is 0 Å². The highest BCUT2D eigenvalue weighted by molar-refractivity contribution is 5.98. The number of methoxy groups -OCH3 is 1. The van der Waals surface area contributed by atoms with Gasteiger partial charge in [0.25, 0.3) is 5.91 Å². The number of nitrogens with zero attached hydrogens (tertiary/aromatic N) is 2. The van der Waals surface area contributed by atoms with Crippen LogP contribution < -0.4 is 15.4 Å². The second kappa shape index (κ2) is 14.8. The minimum Gasteiger partial charge on any atom is -0.490 e. The van der Waals surface area contributed by atoms with E-state index in [0.29, 0.717) is 30.2 Å². The van der Waals surface area contributed by atoms with Gasteiger partial charge in [0, 0.05) is 6.42 Å². The number of hydrogen-bond acceptors (Lipinski definition) is 8. The van der Waals surface area contributed by atoms with Crippen molar-refractivity contribution in [2.75, 3.05) is 20.3 Å². The van der Waals surface area contributed by atoms with Crippen molar-refractivity contribution in [2.24, 2.45) is 0 Å². The van der Waals surface area contributed by atoms with Gasteiger partial charge in [0.05, 0.1) is 30.6 Å². The molecule has 0 aliphatic heterocycles. The van der Waals surface area contributed by atoms with Gasteiger partial charge >= 0.3 is 12.1 Å². The smallest absolute Gasteiger partial charge is 0.407 e. The van der Waals surface area contributed by atoms with Crippen LogP contribution in [0.1, 0.15) is 66.7 Å². The lowest BCUT2D eigenvalue weighted by Crippen LogP contribution is -2.50. The number of rotatable bonds is 13. The highest BCUT2D eigenvalue weighted by Crippen LogP contribution is 2.17. The van der Waals surface area contributed by atoms with Crippen LogP contribution in [0.4, 0.5) is 4.79 Å². The highest BCUT2D eigenvalue weighted by Gasteiger charge is 2.26. The average Bonchev–Trinajstić information content (AvgIpc) is 2.86. The maximum Gasteiger partial charge on any atom is 0.407 e. The fourth-order valence-electron chi connectivity index (χ4n) is 3.85. The van der Waals surface area contributed by atoms with Crippen molar-refractivity contribution in [1.82, 2.24) is 20.6 Å². The fourth-order valence-corrected chi connectivity index (χ4v) is 3.85. The average molecular weight is 541 g/mol. The molecule has 39 heavy (non-hydrogen) atoms. The maximum atomic E-state index is 13.1. The third kappa shape index (κ3) is 10.7. The summed E-state index contributed by atoms with van der Waals surface area (Å²) in [6.07, 6.45) is 4.40. The number of aromatic nitrogens is 2. The van der Waals surface area contributed by atoms with Crippen LogP contribution in [-0.2, 0) is 27.1 Å². The largest absolute Gasteiger partial charge is 0.490 e. The Morgan fingerprint density at radius 2 is 1.74 bits per heavy atom. The molecule has 2 rings (SSSR count). The van der Waals surface area contributed by atoms with E-state index in [4.69, 9.17) is 14.2 Å². The summed E-state index contributed by atoms with van der Waals surface area (Å²) in [4.78, 5) is 46.3. The fraction of sp³-hybridized carbons (Fsp3) is 0.483. The van der Waals surface area contributed by atoms with Crippen LogP contribution in [0.15, 0.2) is 36.9 Å². The first kappa shape index (κ1) is 31.3. The molecule has 10 heteroatoms. The number of nitrogens with one attached hydrogen (secondary N) is 2. The maximum absolute atomic E-state index is 13.1. The first-order valence-electron chi connectivity index (χ1n) is 13.0. The molecule has 0 fully saturated rings. The Kier molecular flexibility index (Phi) is 11.9. The van der Waals surface area contributed by atoms with Crippen LogP contribution in [0.2, 0.25) is 0 Å². The summed E-state index contributed by atoms with van der Waals surface area (Å²) in [5, 5.41) is 5.09. The van der Waals surface area contributed by atoms with E-state index in [0.717, 1.165) is 25.0 Å². The van der Waals surface area contributed by atoms with Crippen molar-refractivity contribution >= 4 is 18.0 Å². The lowest BCUT2D eigenvalue weighted by molar-refractivity contribution is -0.142. The molecule has 1 heterocycles. The molecule has 0 saturated heterocycles. The van der Waals surface area contributed by atoms with Gasteiger partial charge in [0.1, 0.15) is 29.8 Å². The number of alkyl carbamates (subject to hydrolysis) is 1. The Morgan fingerprint density at radius 1 is 1.08 bits per heavy atom. The molecule has 0 saturated carbocycles. The van der Waals surface area contributed by atoms with E-state index in [9.17, 15) is 14.4 Å². The Bertz CT molecular complexity index is 1140. The van der Waals surface area contributed by atoms with E-state index in [1.165, 1.54) is 12.7 Å². The summed E-state index contributed by atoms with van der Waals surface area (Å²) in [6.45, 7) is 12.6. The summed E-state index contributed by atoms with van der Waals surface area (Å²) < 4.78 is 15.6. The molecule has 2 aromatic rings. The van der Waals surface area contributed by atoms with Crippen LogP contribution in [0.3, 0.4) is 0 Å². The predicted octanol–water partition coefficient (Wildman–Crippen LogP) is 4.02. The van der Waals surface area contributed by atoms with Gasteiger partial charge in [-0.1, -0.05) is 24.8 Å². The first-order valence-corrected chi connectivity index (χ1v) is 13.0. The summed E-state index contributed by atoms with van der Waals surface area (Å²) in [7, 11) is 1.21. The van der Waals surface area contributed by atoms with Gasteiger partial charge in [-0.25, -0.2) is 19.6 Å². The van der Waals surface area contributed by atoms with E-state index in [1.54, 1.807) is 40.7 Å². The lowest BCUT2D eigenvalue weighted by Gasteiger charge is -2.22. The zero-order chi connectivity index (χ0) is 29.0. The molecule has 1 atom stereocenters. The highest BCUT2D eigenvalue weighted by atomic mass is 16.6. The zero-order valence-corrected chi connectivity index (χ0v) is 23.8. The molecule has 0 unspecified atom stereocenters. The number of amides is 2. The first-order chi connectivity index (χ1) is 18.4. The van der Waals surface area contributed by atoms with Gasteiger partial charge in [-0.05, 0) is 71.6 Å². The summed E-state index contributed by atoms with van der Waals surface area (Å²) in [5.74, 6) is 0.244. The molecule has 2 N–H and O–H groups in total. The number of benzene rings is 1. The minimum absolute atomic E-state index is 0.201. The molecule has 212 valence electrons. The van der Waals surface area contributed by atoms with Crippen molar-refractivity contribution in [2.45, 2.75) is 71.9 Å². The molecule has 2 amide bonds. The van der Waals surface area contributed by atoms with Gasteiger partial charge in [0.2, 0.25) is 0 Å². The summed E-state index contributed by atoms with van der Waals surface area (Å²) in [6, 6.07) is 6.89. The molecular weight excluding hydrogens is 500 g/mol. The Labute approximate surface area is 230 Å². The van der Waals surface area contributed by atoms with Crippen molar-refractivity contribution < 1.29 is 28.6 Å². The zero-order valence-electron chi connectivity index (χ0n) is 23.8. The number of esters is 1. The number of carbonyl (C=O) groups excluding carboxylic acids is 3. The van der Waals surface area contributed by atoms with Gasteiger partial charge < -0.3 is 24.8 Å². The molecule has 0 radical (unpaired) electrons. The molecule has 0 aliphatic carbocycles. The molecule has 1 aromatic heterocycles. The molecule has 0 spiro atoms. The van der Waals surface area contributed by atoms with Gasteiger partial charge in [-0.15, -0.1) is 0 Å². The van der Waals surface area contributed by atoms with Gasteiger partial charge in [-0.2, -0.15) is 0 Å².